The van der Waals surface area contributed by atoms with Gasteiger partial charge in [0.15, 0.2) is 0 Å². The number of piperidine rings is 1. The van der Waals surface area contributed by atoms with Gasteiger partial charge in [0.2, 0.25) is 5.91 Å². The number of nitrogens with one attached hydrogen (secondary N) is 2. The molecular weight excluding hydrogens is 248 g/mol. The summed E-state index contributed by atoms with van der Waals surface area (Å²) in [5.41, 5.74) is -0.321. The lowest BCUT2D eigenvalue weighted by Crippen LogP contribution is -2.58. The van der Waals surface area contributed by atoms with Gasteiger partial charge in [-0.1, -0.05) is 19.8 Å². The van der Waals surface area contributed by atoms with Gasteiger partial charge in [0.1, 0.15) is 0 Å². The maximum absolute atomic E-state index is 12.3. The molecule has 0 aromatic carbocycles. The summed E-state index contributed by atoms with van der Waals surface area (Å²) in [5, 5.41) is 6.64. The van der Waals surface area contributed by atoms with Crippen molar-refractivity contribution in [3.8, 4) is 0 Å². The highest BCUT2D eigenvalue weighted by Crippen LogP contribution is 2.25. The van der Waals surface area contributed by atoms with Crippen LogP contribution in [0.5, 0.6) is 0 Å². The molecule has 2 rings (SSSR count). The maximum Gasteiger partial charge on any atom is 0.240 e. The quantitative estimate of drug-likeness (QED) is 0.813. The smallest absolute Gasteiger partial charge is 0.240 e. The van der Waals surface area contributed by atoms with Gasteiger partial charge in [-0.05, 0) is 51.5 Å². The van der Waals surface area contributed by atoms with E-state index in [0.717, 1.165) is 38.1 Å². The van der Waals surface area contributed by atoms with E-state index in [0.29, 0.717) is 6.04 Å². The van der Waals surface area contributed by atoms with Gasteiger partial charge in [-0.15, -0.1) is 12.4 Å². The fraction of sp³-hybridized carbons (Fsp3) is 0.929. The zero-order valence-corrected chi connectivity index (χ0v) is 12.4. The second-order valence-corrected chi connectivity index (χ2v) is 6.16. The van der Waals surface area contributed by atoms with Crippen LogP contribution in [-0.4, -0.2) is 24.0 Å². The lowest BCUT2D eigenvalue weighted by Gasteiger charge is -2.36. The third-order valence-corrected chi connectivity index (χ3v) is 4.39. The second-order valence-electron chi connectivity index (χ2n) is 6.16. The molecule has 0 radical (unpaired) electrons. The Labute approximate surface area is 117 Å². The van der Waals surface area contributed by atoms with Crippen LogP contribution in [0.1, 0.15) is 58.8 Å². The molecule has 18 heavy (non-hydrogen) atoms. The Balaban J connectivity index is 0.00000162. The fourth-order valence-electron chi connectivity index (χ4n) is 3.16. The Hall–Kier alpha value is -0.280. The highest BCUT2D eigenvalue weighted by atomic mass is 35.5. The Morgan fingerprint density at radius 3 is 2.67 bits per heavy atom. The number of hydrogen-bond acceptors (Lipinski definition) is 2. The summed E-state index contributed by atoms with van der Waals surface area (Å²) < 4.78 is 0. The van der Waals surface area contributed by atoms with Gasteiger partial charge in [0.05, 0.1) is 5.54 Å². The van der Waals surface area contributed by atoms with Gasteiger partial charge in [0, 0.05) is 6.04 Å². The molecule has 2 N–H and O–H groups in total. The van der Waals surface area contributed by atoms with Crippen molar-refractivity contribution >= 4 is 18.3 Å². The Morgan fingerprint density at radius 1 is 1.28 bits per heavy atom. The van der Waals surface area contributed by atoms with Gasteiger partial charge in [-0.3, -0.25) is 4.79 Å². The van der Waals surface area contributed by atoms with Gasteiger partial charge < -0.3 is 10.6 Å². The summed E-state index contributed by atoms with van der Waals surface area (Å²) in [6, 6.07) is 0.409. The zero-order chi connectivity index (χ0) is 12.3. The first-order valence-corrected chi connectivity index (χ1v) is 7.16. The summed E-state index contributed by atoms with van der Waals surface area (Å²) in [4.78, 5) is 12.3. The van der Waals surface area contributed by atoms with Gasteiger partial charge in [0.25, 0.3) is 0 Å². The summed E-state index contributed by atoms with van der Waals surface area (Å²) in [5.74, 6) is 0.984. The van der Waals surface area contributed by atoms with E-state index in [1.54, 1.807) is 0 Å². The molecule has 3 unspecified atom stereocenters. The number of halogens is 1. The van der Waals surface area contributed by atoms with E-state index in [9.17, 15) is 4.79 Å². The maximum atomic E-state index is 12.3. The molecule has 1 aliphatic carbocycles. The van der Waals surface area contributed by atoms with Crippen molar-refractivity contribution in [1.82, 2.24) is 10.6 Å². The minimum Gasteiger partial charge on any atom is -0.352 e. The average Bonchev–Trinajstić information content (AvgIpc) is 2.30. The summed E-state index contributed by atoms with van der Waals surface area (Å²) in [6.45, 7) is 5.32. The van der Waals surface area contributed by atoms with Crippen LogP contribution in [0, 0.1) is 5.92 Å². The first kappa shape index (κ1) is 15.8. The van der Waals surface area contributed by atoms with Crippen LogP contribution >= 0.6 is 12.4 Å². The molecule has 4 heteroatoms. The molecule has 3 atom stereocenters. The van der Waals surface area contributed by atoms with E-state index in [-0.39, 0.29) is 23.9 Å². The minimum absolute atomic E-state index is 0. The van der Waals surface area contributed by atoms with Crippen LogP contribution in [0.3, 0.4) is 0 Å². The predicted octanol–water partition coefficient (Wildman–Crippen LogP) is 2.64. The van der Waals surface area contributed by atoms with E-state index in [2.05, 4.69) is 17.6 Å². The number of carbonyl (C=O) groups is 1. The Bertz CT molecular complexity index is 277. The Morgan fingerprint density at radius 2 is 2.06 bits per heavy atom. The monoisotopic (exact) mass is 274 g/mol. The first-order valence-electron chi connectivity index (χ1n) is 7.16. The fourth-order valence-corrected chi connectivity index (χ4v) is 3.16. The molecule has 1 aliphatic heterocycles. The lowest BCUT2D eigenvalue weighted by atomic mass is 9.85. The van der Waals surface area contributed by atoms with Crippen molar-refractivity contribution in [2.75, 3.05) is 6.54 Å². The van der Waals surface area contributed by atoms with Crippen LogP contribution in [0.4, 0.5) is 0 Å². The molecule has 2 aliphatic rings. The molecule has 1 saturated heterocycles. The minimum atomic E-state index is -0.321. The van der Waals surface area contributed by atoms with E-state index < -0.39 is 0 Å². The van der Waals surface area contributed by atoms with E-state index in [4.69, 9.17) is 0 Å². The van der Waals surface area contributed by atoms with Crippen molar-refractivity contribution in [3.05, 3.63) is 0 Å². The van der Waals surface area contributed by atoms with Crippen LogP contribution in [0.2, 0.25) is 0 Å². The summed E-state index contributed by atoms with van der Waals surface area (Å²) >= 11 is 0. The van der Waals surface area contributed by atoms with Crippen molar-refractivity contribution in [3.63, 3.8) is 0 Å². The average molecular weight is 275 g/mol. The van der Waals surface area contributed by atoms with Crippen molar-refractivity contribution < 1.29 is 4.79 Å². The molecule has 1 amide bonds. The molecule has 0 bridgehead atoms. The topological polar surface area (TPSA) is 41.1 Å². The molecule has 0 spiro atoms. The van der Waals surface area contributed by atoms with Crippen LogP contribution in [0.25, 0.3) is 0 Å². The molecule has 106 valence electrons. The van der Waals surface area contributed by atoms with Gasteiger partial charge in [-0.2, -0.15) is 0 Å². The van der Waals surface area contributed by atoms with Gasteiger partial charge >= 0.3 is 0 Å². The third-order valence-electron chi connectivity index (χ3n) is 4.39. The zero-order valence-electron chi connectivity index (χ0n) is 11.6. The van der Waals surface area contributed by atoms with Crippen molar-refractivity contribution in [2.24, 2.45) is 5.92 Å². The van der Waals surface area contributed by atoms with Crippen molar-refractivity contribution in [2.45, 2.75) is 70.4 Å². The molecule has 1 heterocycles. The summed E-state index contributed by atoms with van der Waals surface area (Å²) in [7, 11) is 0. The molecule has 2 fully saturated rings. The summed E-state index contributed by atoms with van der Waals surface area (Å²) in [6.07, 6.45) is 8.23. The van der Waals surface area contributed by atoms with Crippen molar-refractivity contribution in [1.29, 1.82) is 0 Å². The first-order chi connectivity index (χ1) is 8.10. The standard InChI is InChI=1S/C14H26N2O.ClH/c1-11-6-5-7-12(10-11)16-13(17)14(2)8-3-4-9-15-14;/h11-12,15H,3-10H2,1-2H3,(H,16,17);1H. The molecule has 0 aromatic rings. The number of rotatable bonds is 2. The number of amides is 1. The molecule has 1 saturated carbocycles. The highest BCUT2D eigenvalue weighted by Gasteiger charge is 2.35. The Kier molecular flexibility index (Phi) is 5.93. The number of carbonyl (C=O) groups excluding carboxylic acids is 1. The van der Waals surface area contributed by atoms with E-state index >= 15 is 0 Å². The largest absolute Gasteiger partial charge is 0.352 e. The van der Waals surface area contributed by atoms with Crippen LogP contribution in [0.15, 0.2) is 0 Å². The van der Waals surface area contributed by atoms with Crippen LogP contribution < -0.4 is 10.6 Å². The SMILES string of the molecule is CC1CCCC(NC(=O)C2(C)CCCCN2)C1.Cl. The van der Waals surface area contributed by atoms with E-state index in [1.165, 1.54) is 19.3 Å². The second kappa shape index (κ2) is 6.76. The molecule has 0 aromatic heterocycles. The number of hydrogen-bond donors (Lipinski definition) is 2. The molecular formula is C14H27ClN2O. The van der Waals surface area contributed by atoms with Crippen LogP contribution in [-0.2, 0) is 4.79 Å². The van der Waals surface area contributed by atoms with E-state index in [1.807, 2.05) is 6.92 Å². The normalized spacial score (nSPS) is 36.6. The lowest BCUT2D eigenvalue weighted by molar-refractivity contribution is -0.129. The third kappa shape index (κ3) is 3.86. The highest BCUT2D eigenvalue weighted by molar-refractivity contribution is 5.86. The van der Waals surface area contributed by atoms with Gasteiger partial charge in [-0.25, -0.2) is 0 Å². The predicted molar refractivity (Wildman–Crippen MR) is 77.1 cm³/mol. The molecule has 3 nitrogen and oxygen atoms in total.